The fourth-order valence-electron chi connectivity index (χ4n) is 2.95. The molecule has 11 heteroatoms. The normalized spacial score (nSPS) is 11.4. The van der Waals surface area contributed by atoms with Crippen molar-refractivity contribution in [3.05, 3.63) is 83.5 Å². The molecule has 0 radical (unpaired) electrons. The molecule has 34 heavy (non-hydrogen) atoms. The van der Waals surface area contributed by atoms with Gasteiger partial charge in [-0.1, -0.05) is 35.3 Å². The van der Waals surface area contributed by atoms with E-state index >= 15 is 0 Å². The molecule has 0 fully saturated rings. The highest BCUT2D eigenvalue weighted by Gasteiger charge is 2.17. The highest BCUT2D eigenvalue weighted by molar-refractivity contribution is 7.16. The van der Waals surface area contributed by atoms with Gasteiger partial charge in [-0.25, -0.2) is 5.43 Å². The lowest BCUT2D eigenvalue weighted by Crippen LogP contribution is -2.21. The maximum Gasteiger partial charge on any atom is 0.281 e. The summed E-state index contributed by atoms with van der Waals surface area (Å²) in [6, 6.07) is 12.2. The van der Waals surface area contributed by atoms with Crippen molar-refractivity contribution in [1.82, 2.24) is 10.7 Å². The molecule has 3 heterocycles. The van der Waals surface area contributed by atoms with Crippen LogP contribution in [0, 0.1) is 0 Å². The summed E-state index contributed by atoms with van der Waals surface area (Å²) >= 11 is 16.0. The number of carbonyl (C=O) groups excluding carboxylic acids is 2. The first-order chi connectivity index (χ1) is 16.3. The number of amides is 2. The highest BCUT2D eigenvalue weighted by atomic mass is 35.5. The molecule has 2 amide bonds. The van der Waals surface area contributed by atoms with Gasteiger partial charge in [0, 0.05) is 10.3 Å². The van der Waals surface area contributed by atoms with Crippen LogP contribution in [-0.2, 0) is 6.54 Å². The average Bonchev–Trinajstić information content (AvgIpc) is 3.58. The van der Waals surface area contributed by atoms with E-state index in [2.05, 4.69) is 15.8 Å². The number of hydrogen-bond acceptors (Lipinski definition) is 7. The molecule has 1 aromatic carbocycles. The molecule has 174 valence electrons. The van der Waals surface area contributed by atoms with E-state index in [4.69, 9.17) is 23.2 Å². The fraction of sp³-hybridized carbons (Fsp3) is 0.0870. The predicted octanol–water partition coefficient (Wildman–Crippen LogP) is 6.63. The van der Waals surface area contributed by atoms with E-state index in [0.29, 0.717) is 42.5 Å². The second kappa shape index (κ2) is 10.7. The van der Waals surface area contributed by atoms with E-state index in [0.717, 1.165) is 21.8 Å². The Labute approximate surface area is 217 Å². The van der Waals surface area contributed by atoms with Gasteiger partial charge in [0.15, 0.2) is 0 Å². The smallest absolute Gasteiger partial charge is 0.281 e. The Kier molecular flexibility index (Phi) is 7.70. The molecule has 0 spiro atoms. The second-order valence-corrected chi connectivity index (χ2v) is 10.8. The largest absolute Gasteiger partial charge is 0.506 e. The van der Waals surface area contributed by atoms with E-state index in [9.17, 15) is 14.7 Å². The third-order valence-corrected chi connectivity index (χ3v) is 8.43. The fourth-order valence-corrected chi connectivity index (χ4v) is 5.71. The summed E-state index contributed by atoms with van der Waals surface area (Å²) in [7, 11) is 0. The standard InChI is InChI=1S/C23H17Cl2N3O3S3/c1-12(15-11-33-21(20(15)29)13-4-5-16(24)17(25)9-13)27-28-23(31)19-7-6-18(34-19)22(30)26-10-14-3-2-8-32-14/h2-9,11,29H,10H2,1H3,(H,26,30)(H,28,31). The Morgan fingerprint density at radius 3 is 2.50 bits per heavy atom. The molecule has 0 unspecified atom stereocenters. The van der Waals surface area contributed by atoms with Crippen LogP contribution < -0.4 is 10.7 Å². The summed E-state index contributed by atoms with van der Waals surface area (Å²) in [5, 5.41) is 22.1. The summed E-state index contributed by atoms with van der Waals surface area (Å²) in [5.74, 6) is -0.643. The van der Waals surface area contributed by atoms with Crippen LogP contribution in [0.25, 0.3) is 10.4 Å². The van der Waals surface area contributed by atoms with Gasteiger partial charge in [0.05, 0.1) is 42.5 Å². The van der Waals surface area contributed by atoms with Gasteiger partial charge < -0.3 is 10.4 Å². The number of hydrazone groups is 1. The molecule has 6 nitrogen and oxygen atoms in total. The van der Waals surface area contributed by atoms with Gasteiger partial charge in [-0.3, -0.25) is 9.59 Å². The highest BCUT2D eigenvalue weighted by Crippen LogP contribution is 2.40. The summed E-state index contributed by atoms with van der Waals surface area (Å²) in [6.07, 6.45) is 0. The quantitative estimate of drug-likeness (QED) is 0.178. The summed E-state index contributed by atoms with van der Waals surface area (Å²) in [6.45, 7) is 2.12. The lowest BCUT2D eigenvalue weighted by atomic mass is 10.1. The molecule has 3 N–H and O–H groups in total. The van der Waals surface area contributed by atoms with Crippen molar-refractivity contribution in [2.75, 3.05) is 0 Å². The van der Waals surface area contributed by atoms with Crippen LogP contribution >= 0.6 is 57.2 Å². The second-order valence-electron chi connectivity index (χ2n) is 7.02. The first-order valence-corrected chi connectivity index (χ1v) is 13.2. The Balaban J connectivity index is 1.41. The van der Waals surface area contributed by atoms with Crippen molar-refractivity contribution >= 4 is 74.7 Å². The molecule has 4 aromatic rings. The number of rotatable bonds is 7. The van der Waals surface area contributed by atoms with Crippen LogP contribution in [0.1, 0.15) is 36.7 Å². The van der Waals surface area contributed by atoms with Crippen LogP contribution in [-0.4, -0.2) is 22.6 Å². The van der Waals surface area contributed by atoms with Gasteiger partial charge in [0.25, 0.3) is 11.8 Å². The van der Waals surface area contributed by atoms with Crippen LogP contribution in [0.5, 0.6) is 5.75 Å². The molecule has 0 atom stereocenters. The predicted molar refractivity (Wildman–Crippen MR) is 141 cm³/mol. The number of benzene rings is 1. The minimum atomic E-state index is -0.443. The molecule has 4 rings (SSSR count). The first-order valence-electron chi connectivity index (χ1n) is 9.84. The zero-order chi connectivity index (χ0) is 24.2. The van der Waals surface area contributed by atoms with Gasteiger partial charge in [-0.15, -0.1) is 34.0 Å². The molecule has 0 aliphatic rings. The number of nitrogens with zero attached hydrogens (tertiary/aromatic N) is 1. The molecular formula is C23H17Cl2N3O3S3. The molecule has 0 bridgehead atoms. The average molecular weight is 551 g/mol. The summed E-state index contributed by atoms with van der Waals surface area (Å²) < 4.78 is 0. The third-order valence-electron chi connectivity index (χ3n) is 4.72. The van der Waals surface area contributed by atoms with Crippen molar-refractivity contribution in [3.8, 4) is 16.2 Å². The maximum absolute atomic E-state index is 12.5. The van der Waals surface area contributed by atoms with Gasteiger partial charge >= 0.3 is 0 Å². The number of carbonyl (C=O) groups is 2. The lowest BCUT2D eigenvalue weighted by molar-refractivity contribution is 0.0950. The van der Waals surface area contributed by atoms with Gasteiger partial charge in [-0.2, -0.15) is 5.10 Å². The van der Waals surface area contributed by atoms with Crippen LogP contribution in [0.15, 0.2) is 58.3 Å². The first kappa shape index (κ1) is 24.4. The molecule has 0 aliphatic heterocycles. The molecular weight excluding hydrogens is 533 g/mol. The van der Waals surface area contributed by atoms with Crippen molar-refractivity contribution in [2.24, 2.45) is 5.10 Å². The Morgan fingerprint density at radius 2 is 1.79 bits per heavy atom. The lowest BCUT2D eigenvalue weighted by Gasteiger charge is -2.04. The van der Waals surface area contributed by atoms with E-state index in [1.54, 1.807) is 54.0 Å². The van der Waals surface area contributed by atoms with Gasteiger partial charge in [0.2, 0.25) is 0 Å². The SMILES string of the molecule is CC(=NNC(=O)c1ccc(C(=O)NCc2cccs2)s1)c1csc(-c2ccc(Cl)c(Cl)c2)c1O. The zero-order valence-electron chi connectivity index (χ0n) is 17.6. The zero-order valence-corrected chi connectivity index (χ0v) is 21.6. The molecule has 0 saturated heterocycles. The summed E-state index contributed by atoms with van der Waals surface area (Å²) in [4.78, 5) is 27.3. The number of aromatic hydroxyl groups is 1. The molecule has 0 saturated carbocycles. The van der Waals surface area contributed by atoms with Crippen molar-refractivity contribution < 1.29 is 14.7 Å². The minimum absolute atomic E-state index is 0.0414. The number of hydrogen-bond donors (Lipinski definition) is 3. The van der Waals surface area contributed by atoms with Crippen molar-refractivity contribution in [2.45, 2.75) is 13.5 Å². The van der Waals surface area contributed by atoms with Crippen molar-refractivity contribution in [3.63, 3.8) is 0 Å². The van der Waals surface area contributed by atoms with Crippen LogP contribution in [0.4, 0.5) is 0 Å². The van der Waals surface area contributed by atoms with Gasteiger partial charge in [0.1, 0.15) is 5.75 Å². The van der Waals surface area contributed by atoms with E-state index in [-0.39, 0.29) is 11.7 Å². The van der Waals surface area contributed by atoms with E-state index in [1.807, 2.05) is 17.5 Å². The van der Waals surface area contributed by atoms with Gasteiger partial charge in [-0.05, 0) is 48.2 Å². The van der Waals surface area contributed by atoms with Crippen LogP contribution in [0.3, 0.4) is 0 Å². The number of thiophene rings is 3. The number of nitrogens with one attached hydrogen (secondary N) is 2. The Hall–Kier alpha value is -2.69. The van der Waals surface area contributed by atoms with Crippen LogP contribution in [0.2, 0.25) is 10.0 Å². The molecule has 3 aromatic heterocycles. The molecule has 0 aliphatic carbocycles. The summed E-state index contributed by atoms with van der Waals surface area (Å²) in [5.41, 5.74) is 4.13. The van der Waals surface area contributed by atoms with E-state index in [1.165, 1.54) is 11.3 Å². The van der Waals surface area contributed by atoms with E-state index < -0.39 is 5.91 Å². The number of halogens is 2. The Morgan fingerprint density at radius 1 is 1.03 bits per heavy atom. The maximum atomic E-state index is 12.5. The minimum Gasteiger partial charge on any atom is -0.506 e. The van der Waals surface area contributed by atoms with Crippen molar-refractivity contribution in [1.29, 1.82) is 0 Å². The topological polar surface area (TPSA) is 90.8 Å². The monoisotopic (exact) mass is 549 g/mol. The third kappa shape index (κ3) is 5.51. The Bertz CT molecular complexity index is 1380.